The molecular weight excluding hydrogens is 238 g/mol. The first-order valence-corrected chi connectivity index (χ1v) is 5.92. The van der Waals surface area contributed by atoms with Crippen LogP contribution in [0, 0.1) is 11.6 Å². The average molecular weight is 258 g/mol. The van der Waals surface area contributed by atoms with E-state index in [1.807, 2.05) is 25.9 Å². The molecule has 1 aromatic carbocycles. The van der Waals surface area contributed by atoms with Gasteiger partial charge in [0.25, 0.3) is 0 Å². The van der Waals surface area contributed by atoms with E-state index >= 15 is 0 Å². The quantitative estimate of drug-likeness (QED) is 0.812. The Morgan fingerprint density at radius 3 is 2.33 bits per heavy atom. The van der Waals surface area contributed by atoms with Crippen LogP contribution in [-0.2, 0) is 0 Å². The lowest BCUT2D eigenvalue weighted by Gasteiger charge is -2.20. The number of aliphatic hydroxyl groups is 1. The number of rotatable bonds is 6. The van der Waals surface area contributed by atoms with Gasteiger partial charge in [0.05, 0.1) is 11.7 Å². The molecule has 0 radical (unpaired) electrons. The Morgan fingerprint density at radius 1 is 1.28 bits per heavy atom. The maximum Gasteiger partial charge on any atom is 0.131 e. The molecule has 2 unspecified atom stereocenters. The third-order valence-electron chi connectivity index (χ3n) is 2.63. The normalized spacial score (nSPS) is 14.8. The molecule has 1 rings (SSSR count). The molecule has 0 fully saturated rings. The molecule has 0 aliphatic rings. The van der Waals surface area contributed by atoms with Gasteiger partial charge in [0.15, 0.2) is 0 Å². The molecule has 0 heterocycles. The lowest BCUT2D eigenvalue weighted by Crippen LogP contribution is -2.38. The molecule has 5 heteroatoms. The van der Waals surface area contributed by atoms with Crippen LogP contribution in [0.15, 0.2) is 18.2 Å². The van der Waals surface area contributed by atoms with Crippen molar-refractivity contribution in [2.75, 3.05) is 27.2 Å². The first kappa shape index (κ1) is 15.0. The lowest BCUT2D eigenvalue weighted by atomic mass is 10.1. The molecule has 1 aromatic rings. The molecule has 3 nitrogen and oxygen atoms in total. The predicted octanol–water partition coefficient (Wildman–Crippen LogP) is 1.54. The van der Waals surface area contributed by atoms with E-state index in [1.54, 1.807) is 0 Å². The van der Waals surface area contributed by atoms with Gasteiger partial charge in [-0.3, -0.25) is 0 Å². The molecule has 0 bridgehead atoms. The zero-order chi connectivity index (χ0) is 13.7. The molecule has 0 aliphatic carbocycles. The van der Waals surface area contributed by atoms with Crippen molar-refractivity contribution in [3.05, 3.63) is 35.4 Å². The standard InChI is InChI=1S/C13H20F2N2O/c1-9(8-17(2)3)16-7-12(18)13-10(14)5-4-6-11(13)15/h4-6,9,12,16,18H,7-8H2,1-3H3. The summed E-state index contributed by atoms with van der Waals surface area (Å²) in [5, 5.41) is 12.9. The van der Waals surface area contributed by atoms with E-state index in [4.69, 9.17) is 0 Å². The summed E-state index contributed by atoms with van der Waals surface area (Å²) in [6.45, 7) is 2.85. The largest absolute Gasteiger partial charge is 0.387 e. The molecule has 2 atom stereocenters. The molecule has 102 valence electrons. The highest BCUT2D eigenvalue weighted by atomic mass is 19.1. The number of likely N-dealkylation sites (N-methyl/N-ethyl adjacent to an activating group) is 1. The Hall–Kier alpha value is -1.04. The van der Waals surface area contributed by atoms with Gasteiger partial charge in [0.1, 0.15) is 11.6 Å². The summed E-state index contributed by atoms with van der Waals surface area (Å²) >= 11 is 0. The molecule has 0 saturated carbocycles. The third-order valence-corrected chi connectivity index (χ3v) is 2.63. The summed E-state index contributed by atoms with van der Waals surface area (Å²) in [6.07, 6.45) is -1.18. The van der Waals surface area contributed by atoms with Gasteiger partial charge in [-0.15, -0.1) is 0 Å². The van der Waals surface area contributed by atoms with Crippen LogP contribution in [0.25, 0.3) is 0 Å². The van der Waals surface area contributed by atoms with Gasteiger partial charge in [-0.25, -0.2) is 8.78 Å². The Bertz CT molecular complexity index is 365. The zero-order valence-corrected chi connectivity index (χ0v) is 11.0. The third kappa shape index (κ3) is 4.33. The van der Waals surface area contributed by atoms with Crippen LogP contribution in [0.5, 0.6) is 0 Å². The highest BCUT2D eigenvalue weighted by Gasteiger charge is 2.18. The first-order valence-electron chi connectivity index (χ1n) is 5.92. The van der Waals surface area contributed by atoms with Crippen LogP contribution in [0.4, 0.5) is 8.78 Å². The maximum atomic E-state index is 13.4. The smallest absolute Gasteiger partial charge is 0.131 e. The Morgan fingerprint density at radius 2 is 1.83 bits per heavy atom. The van der Waals surface area contributed by atoms with Gasteiger partial charge in [0, 0.05) is 19.1 Å². The van der Waals surface area contributed by atoms with E-state index in [0.717, 1.165) is 18.7 Å². The van der Waals surface area contributed by atoms with E-state index in [2.05, 4.69) is 5.32 Å². The number of halogens is 2. The summed E-state index contributed by atoms with van der Waals surface area (Å²) in [5.74, 6) is -1.44. The monoisotopic (exact) mass is 258 g/mol. The first-order chi connectivity index (χ1) is 8.41. The minimum Gasteiger partial charge on any atom is -0.387 e. The Kier molecular flexibility index (Phi) is 5.65. The summed E-state index contributed by atoms with van der Waals surface area (Å²) in [4.78, 5) is 1.99. The van der Waals surface area contributed by atoms with Gasteiger partial charge in [0.2, 0.25) is 0 Å². The molecule has 0 aliphatic heterocycles. The fraction of sp³-hybridized carbons (Fsp3) is 0.538. The van der Waals surface area contributed by atoms with Crippen LogP contribution >= 0.6 is 0 Å². The number of aliphatic hydroxyl groups excluding tert-OH is 1. The number of hydrogen-bond acceptors (Lipinski definition) is 3. The number of nitrogens with one attached hydrogen (secondary N) is 1. The highest BCUT2D eigenvalue weighted by molar-refractivity contribution is 5.22. The van der Waals surface area contributed by atoms with Gasteiger partial charge < -0.3 is 15.3 Å². The molecule has 2 N–H and O–H groups in total. The number of benzene rings is 1. The topological polar surface area (TPSA) is 35.5 Å². The SMILES string of the molecule is CC(CN(C)C)NCC(O)c1c(F)cccc1F. The second-order valence-electron chi connectivity index (χ2n) is 4.72. The van der Waals surface area contributed by atoms with Crippen molar-refractivity contribution in [1.29, 1.82) is 0 Å². The summed E-state index contributed by atoms with van der Waals surface area (Å²) in [6, 6.07) is 3.70. The van der Waals surface area contributed by atoms with Crippen molar-refractivity contribution in [3.8, 4) is 0 Å². The fourth-order valence-electron chi connectivity index (χ4n) is 1.86. The molecule has 0 spiro atoms. The van der Waals surface area contributed by atoms with Crippen LogP contribution < -0.4 is 5.32 Å². The zero-order valence-electron chi connectivity index (χ0n) is 11.0. The summed E-state index contributed by atoms with van der Waals surface area (Å²) in [5.41, 5.74) is -0.276. The van der Waals surface area contributed by atoms with Crippen LogP contribution in [0.2, 0.25) is 0 Å². The van der Waals surface area contributed by atoms with Crippen LogP contribution in [0.1, 0.15) is 18.6 Å². The second kappa shape index (κ2) is 6.78. The minimum atomic E-state index is -1.18. The van der Waals surface area contributed by atoms with Gasteiger partial charge in [-0.05, 0) is 33.2 Å². The molecule has 0 amide bonds. The fourth-order valence-corrected chi connectivity index (χ4v) is 1.86. The van der Waals surface area contributed by atoms with Crippen LogP contribution in [-0.4, -0.2) is 43.2 Å². The van der Waals surface area contributed by atoms with E-state index in [9.17, 15) is 13.9 Å². The van der Waals surface area contributed by atoms with E-state index < -0.39 is 17.7 Å². The van der Waals surface area contributed by atoms with Gasteiger partial charge in [-0.1, -0.05) is 6.07 Å². The van der Waals surface area contributed by atoms with Crippen molar-refractivity contribution in [2.45, 2.75) is 19.1 Å². The number of hydrogen-bond donors (Lipinski definition) is 2. The van der Waals surface area contributed by atoms with Crippen LogP contribution in [0.3, 0.4) is 0 Å². The van der Waals surface area contributed by atoms with Crippen molar-refractivity contribution in [3.63, 3.8) is 0 Å². The highest BCUT2D eigenvalue weighted by Crippen LogP contribution is 2.19. The van der Waals surface area contributed by atoms with Crippen molar-refractivity contribution >= 4 is 0 Å². The summed E-state index contributed by atoms with van der Waals surface area (Å²) in [7, 11) is 3.87. The summed E-state index contributed by atoms with van der Waals surface area (Å²) < 4.78 is 26.8. The Balaban J connectivity index is 2.58. The second-order valence-corrected chi connectivity index (χ2v) is 4.72. The van der Waals surface area contributed by atoms with Crippen molar-refractivity contribution in [1.82, 2.24) is 10.2 Å². The van der Waals surface area contributed by atoms with Crippen molar-refractivity contribution < 1.29 is 13.9 Å². The van der Waals surface area contributed by atoms with Gasteiger partial charge in [-0.2, -0.15) is 0 Å². The molecular formula is C13H20F2N2O. The average Bonchev–Trinajstić information content (AvgIpc) is 2.25. The van der Waals surface area contributed by atoms with Crippen molar-refractivity contribution in [2.24, 2.45) is 0 Å². The van der Waals surface area contributed by atoms with E-state index in [0.29, 0.717) is 0 Å². The molecule has 0 saturated heterocycles. The van der Waals surface area contributed by atoms with E-state index in [1.165, 1.54) is 6.07 Å². The lowest BCUT2D eigenvalue weighted by molar-refractivity contribution is 0.158. The minimum absolute atomic E-state index is 0.118. The van der Waals surface area contributed by atoms with E-state index in [-0.39, 0.29) is 18.2 Å². The Labute approximate surface area is 106 Å². The molecule has 18 heavy (non-hydrogen) atoms. The van der Waals surface area contributed by atoms with Gasteiger partial charge >= 0.3 is 0 Å². The predicted molar refractivity (Wildman–Crippen MR) is 67.3 cm³/mol. The maximum absolute atomic E-state index is 13.4. The number of nitrogens with zero attached hydrogens (tertiary/aromatic N) is 1. The molecule has 0 aromatic heterocycles.